The van der Waals surface area contributed by atoms with Gasteiger partial charge in [-0.25, -0.2) is 0 Å². The van der Waals surface area contributed by atoms with E-state index in [2.05, 4.69) is 55.7 Å². The lowest BCUT2D eigenvalue weighted by molar-refractivity contribution is 0.0420. The summed E-state index contributed by atoms with van der Waals surface area (Å²) in [6.07, 6.45) is 2.28. The Balaban J connectivity index is 0.00000338. The van der Waals surface area contributed by atoms with Crippen LogP contribution in [0.5, 0.6) is 0 Å². The van der Waals surface area contributed by atoms with Crippen LogP contribution in [0.15, 0.2) is 29.3 Å². The van der Waals surface area contributed by atoms with Gasteiger partial charge in [-0.2, -0.15) is 0 Å². The molecule has 1 aromatic rings. The van der Waals surface area contributed by atoms with Crippen molar-refractivity contribution in [1.29, 1.82) is 0 Å². The lowest BCUT2D eigenvalue weighted by Crippen LogP contribution is -2.38. The summed E-state index contributed by atoms with van der Waals surface area (Å²) in [5, 5.41) is 6.70. The van der Waals surface area contributed by atoms with Crippen LogP contribution in [0.1, 0.15) is 43.7 Å². The van der Waals surface area contributed by atoms with Gasteiger partial charge in [0.15, 0.2) is 5.96 Å². The van der Waals surface area contributed by atoms with E-state index in [4.69, 9.17) is 14.5 Å². The maximum Gasteiger partial charge on any atom is 0.191 e. The lowest BCUT2D eigenvalue weighted by Gasteiger charge is -2.15. The summed E-state index contributed by atoms with van der Waals surface area (Å²) in [6, 6.07) is 8.66. The van der Waals surface area contributed by atoms with Crippen LogP contribution in [0, 0.1) is 6.92 Å². The molecule has 0 bridgehead atoms. The Morgan fingerprint density at radius 2 is 2.23 bits per heavy atom. The van der Waals surface area contributed by atoms with Crippen molar-refractivity contribution in [2.24, 2.45) is 4.99 Å². The highest BCUT2D eigenvalue weighted by atomic mass is 127. The van der Waals surface area contributed by atoms with E-state index >= 15 is 0 Å². The molecule has 2 rings (SSSR count). The van der Waals surface area contributed by atoms with Crippen molar-refractivity contribution in [1.82, 2.24) is 10.6 Å². The zero-order valence-corrected chi connectivity index (χ0v) is 18.6. The Morgan fingerprint density at radius 3 is 2.92 bits per heavy atom. The molecule has 0 radical (unpaired) electrons. The summed E-state index contributed by atoms with van der Waals surface area (Å²) in [4.78, 5) is 4.73. The minimum atomic E-state index is 0. The van der Waals surface area contributed by atoms with Crippen LogP contribution in [-0.4, -0.2) is 51.5 Å². The molecule has 0 amide bonds. The van der Waals surface area contributed by atoms with Crippen LogP contribution >= 0.6 is 24.0 Å². The minimum absolute atomic E-state index is 0. The van der Waals surface area contributed by atoms with Crippen LogP contribution < -0.4 is 10.6 Å². The third kappa shape index (κ3) is 8.68. The molecule has 1 aromatic carbocycles. The maximum atomic E-state index is 5.79. The SMILES string of the molecule is CCNC(=NCC(C)c1cccc(C)c1)NCCCOC1CCOC1.I. The molecule has 0 aliphatic carbocycles. The third-order valence-corrected chi connectivity index (χ3v) is 4.33. The van der Waals surface area contributed by atoms with Gasteiger partial charge in [-0.05, 0) is 32.3 Å². The molecule has 0 saturated carbocycles. The average Bonchev–Trinajstić information content (AvgIpc) is 3.12. The summed E-state index contributed by atoms with van der Waals surface area (Å²) in [7, 11) is 0. The predicted molar refractivity (Wildman–Crippen MR) is 119 cm³/mol. The van der Waals surface area contributed by atoms with Crippen molar-refractivity contribution >= 4 is 29.9 Å². The molecule has 2 atom stereocenters. The predicted octanol–water partition coefficient (Wildman–Crippen LogP) is 3.47. The standard InChI is InChI=1S/C20H33N3O2.HI/c1-4-21-20(22-10-6-11-25-19-9-12-24-15-19)23-14-17(3)18-8-5-7-16(2)13-18;/h5,7-8,13,17,19H,4,6,9-12,14-15H2,1-3H3,(H2,21,22,23);1H. The van der Waals surface area contributed by atoms with Crippen LogP contribution in [0.2, 0.25) is 0 Å². The molecule has 1 heterocycles. The van der Waals surface area contributed by atoms with Crippen molar-refractivity contribution in [3.63, 3.8) is 0 Å². The molecule has 5 nitrogen and oxygen atoms in total. The van der Waals surface area contributed by atoms with E-state index in [9.17, 15) is 0 Å². The highest BCUT2D eigenvalue weighted by Gasteiger charge is 2.15. The largest absolute Gasteiger partial charge is 0.379 e. The summed E-state index contributed by atoms with van der Waals surface area (Å²) < 4.78 is 11.1. The van der Waals surface area contributed by atoms with E-state index in [1.807, 2.05) is 0 Å². The molecular formula is C20H34IN3O2. The van der Waals surface area contributed by atoms with Gasteiger partial charge in [-0.15, -0.1) is 24.0 Å². The second-order valence-corrected chi connectivity index (χ2v) is 6.67. The fraction of sp³-hybridized carbons (Fsp3) is 0.650. The number of aryl methyl sites for hydroxylation is 1. The molecule has 148 valence electrons. The van der Waals surface area contributed by atoms with Crippen LogP contribution in [0.3, 0.4) is 0 Å². The van der Waals surface area contributed by atoms with Crippen molar-refractivity contribution in [2.45, 2.75) is 45.6 Å². The van der Waals surface area contributed by atoms with E-state index in [1.54, 1.807) is 0 Å². The van der Waals surface area contributed by atoms with E-state index in [1.165, 1.54) is 11.1 Å². The van der Waals surface area contributed by atoms with Gasteiger partial charge in [-0.1, -0.05) is 36.8 Å². The van der Waals surface area contributed by atoms with Crippen molar-refractivity contribution in [2.75, 3.05) is 39.5 Å². The van der Waals surface area contributed by atoms with E-state index in [0.29, 0.717) is 5.92 Å². The summed E-state index contributed by atoms with van der Waals surface area (Å²) >= 11 is 0. The number of guanidine groups is 1. The molecule has 26 heavy (non-hydrogen) atoms. The molecule has 2 unspecified atom stereocenters. The Hall–Kier alpha value is -0.860. The van der Waals surface area contributed by atoms with Gasteiger partial charge in [0, 0.05) is 38.8 Å². The number of benzene rings is 1. The first-order chi connectivity index (χ1) is 12.2. The number of rotatable bonds is 9. The van der Waals surface area contributed by atoms with Crippen molar-refractivity contribution < 1.29 is 9.47 Å². The van der Waals surface area contributed by atoms with Gasteiger partial charge in [0.05, 0.1) is 12.7 Å². The van der Waals surface area contributed by atoms with Gasteiger partial charge >= 0.3 is 0 Å². The number of ether oxygens (including phenoxy) is 2. The number of hydrogen-bond donors (Lipinski definition) is 2. The number of hydrogen-bond acceptors (Lipinski definition) is 3. The topological polar surface area (TPSA) is 54.9 Å². The highest BCUT2D eigenvalue weighted by molar-refractivity contribution is 14.0. The molecule has 0 spiro atoms. The fourth-order valence-corrected chi connectivity index (χ4v) is 2.83. The van der Waals surface area contributed by atoms with Crippen molar-refractivity contribution in [3.05, 3.63) is 35.4 Å². The Labute approximate surface area is 175 Å². The molecule has 1 aliphatic heterocycles. The molecule has 1 aliphatic rings. The Kier molecular flexibility index (Phi) is 11.9. The molecule has 1 fully saturated rings. The van der Waals surface area contributed by atoms with Gasteiger partial charge in [0.1, 0.15) is 0 Å². The second-order valence-electron chi connectivity index (χ2n) is 6.67. The Bertz CT molecular complexity index is 534. The fourth-order valence-electron chi connectivity index (χ4n) is 2.83. The third-order valence-electron chi connectivity index (χ3n) is 4.33. The van der Waals surface area contributed by atoms with E-state index in [0.717, 1.165) is 58.3 Å². The molecule has 6 heteroatoms. The lowest BCUT2D eigenvalue weighted by atomic mass is 10.00. The van der Waals surface area contributed by atoms with Gasteiger partial charge in [0.25, 0.3) is 0 Å². The smallest absolute Gasteiger partial charge is 0.191 e. The zero-order chi connectivity index (χ0) is 17.9. The maximum absolute atomic E-state index is 5.79. The summed E-state index contributed by atoms with van der Waals surface area (Å²) in [6.45, 7) is 11.3. The summed E-state index contributed by atoms with van der Waals surface area (Å²) in [5.41, 5.74) is 2.64. The quantitative estimate of drug-likeness (QED) is 0.249. The van der Waals surface area contributed by atoms with Crippen LogP contribution in [-0.2, 0) is 9.47 Å². The van der Waals surface area contributed by atoms with Gasteiger partial charge in [-0.3, -0.25) is 4.99 Å². The number of aliphatic imine (C=N–C) groups is 1. The molecule has 0 aromatic heterocycles. The van der Waals surface area contributed by atoms with Crippen molar-refractivity contribution in [3.8, 4) is 0 Å². The first kappa shape index (κ1) is 23.2. The van der Waals surface area contributed by atoms with Crippen LogP contribution in [0.4, 0.5) is 0 Å². The molecular weight excluding hydrogens is 441 g/mol. The summed E-state index contributed by atoms with van der Waals surface area (Å²) in [5.74, 6) is 1.28. The van der Waals surface area contributed by atoms with Crippen LogP contribution in [0.25, 0.3) is 0 Å². The van der Waals surface area contributed by atoms with Gasteiger partial charge in [0.2, 0.25) is 0 Å². The second kappa shape index (κ2) is 13.3. The molecule has 2 N–H and O–H groups in total. The number of halogens is 1. The monoisotopic (exact) mass is 475 g/mol. The normalized spacial score (nSPS) is 18.3. The van der Waals surface area contributed by atoms with Gasteiger partial charge < -0.3 is 20.1 Å². The highest BCUT2D eigenvalue weighted by Crippen LogP contribution is 2.16. The zero-order valence-electron chi connectivity index (χ0n) is 16.3. The number of nitrogens with one attached hydrogen (secondary N) is 2. The minimum Gasteiger partial charge on any atom is -0.379 e. The van der Waals surface area contributed by atoms with E-state index < -0.39 is 0 Å². The average molecular weight is 475 g/mol. The first-order valence-corrected chi connectivity index (χ1v) is 9.47. The van der Waals surface area contributed by atoms with E-state index in [-0.39, 0.29) is 30.1 Å². The molecule has 1 saturated heterocycles. The first-order valence-electron chi connectivity index (χ1n) is 9.47. The Morgan fingerprint density at radius 1 is 1.38 bits per heavy atom. The number of nitrogens with zero attached hydrogens (tertiary/aromatic N) is 1.